The summed E-state index contributed by atoms with van der Waals surface area (Å²) < 4.78 is 33.8. The number of likely N-dealkylation sites (tertiary alicyclic amines) is 1. The highest BCUT2D eigenvalue weighted by molar-refractivity contribution is 7.87. The van der Waals surface area contributed by atoms with Crippen molar-refractivity contribution < 1.29 is 17.9 Å². The van der Waals surface area contributed by atoms with Gasteiger partial charge in [-0.1, -0.05) is 6.42 Å². The van der Waals surface area contributed by atoms with E-state index in [1.54, 1.807) is 11.8 Å². The van der Waals surface area contributed by atoms with E-state index in [4.69, 9.17) is 4.74 Å². The van der Waals surface area contributed by atoms with Crippen LogP contribution < -0.4 is 4.72 Å². The molecule has 0 saturated carbocycles. The third-order valence-electron chi connectivity index (χ3n) is 3.99. The van der Waals surface area contributed by atoms with Gasteiger partial charge in [-0.05, 0) is 32.6 Å². The van der Waals surface area contributed by atoms with Crippen LogP contribution in [-0.2, 0) is 14.9 Å². The van der Waals surface area contributed by atoms with Gasteiger partial charge in [-0.25, -0.2) is 4.79 Å². The standard InChI is InChI=1S/C13H25N3O4S/c1-2-20-13(17)15-10-6-12(7-11-15)14-21(18,19)16-8-4-3-5-9-16/h12,14H,2-11H2,1H3. The molecular weight excluding hydrogens is 294 g/mol. The van der Waals surface area contributed by atoms with Crippen LogP contribution in [-0.4, -0.2) is 62.5 Å². The van der Waals surface area contributed by atoms with Gasteiger partial charge in [0.05, 0.1) is 6.61 Å². The second kappa shape index (κ2) is 7.42. The quantitative estimate of drug-likeness (QED) is 0.836. The lowest BCUT2D eigenvalue weighted by molar-refractivity contribution is 0.0964. The summed E-state index contributed by atoms with van der Waals surface area (Å²) in [5.74, 6) is 0. The number of ether oxygens (including phenoxy) is 1. The number of carbonyl (C=O) groups is 1. The van der Waals surface area contributed by atoms with Crippen molar-refractivity contribution >= 4 is 16.3 Å². The number of nitrogens with one attached hydrogen (secondary N) is 1. The smallest absolute Gasteiger partial charge is 0.409 e. The monoisotopic (exact) mass is 319 g/mol. The maximum Gasteiger partial charge on any atom is 0.409 e. The van der Waals surface area contributed by atoms with Gasteiger partial charge in [0.1, 0.15) is 0 Å². The maximum absolute atomic E-state index is 12.3. The first kappa shape index (κ1) is 16.5. The summed E-state index contributed by atoms with van der Waals surface area (Å²) in [7, 11) is -3.38. The van der Waals surface area contributed by atoms with Crippen molar-refractivity contribution in [2.45, 2.75) is 45.1 Å². The van der Waals surface area contributed by atoms with Gasteiger partial charge in [-0.2, -0.15) is 17.4 Å². The Morgan fingerprint density at radius 3 is 2.33 bits per heavy atom. The Morgan fingerprint density at radius 2 is 1.76 bits per heavy atom. The molecule has 7 nitrogen and oxygen atoms in total. The summed E-state index contributed by atoms with van der Waals surface area (Å²) >= 11 is 0. The fourth-order valence-electron chi connectivity index (χ4n) is 2.79. The second-order valence-corrected chi connectivity index (χ2v) is 7.25. The molecule has 0 aromatic rings. The molecule has 8 heteroatoms. The fourth-order valence-corrected chi connectivity index (χ4v) is 4.33. The maximum atomic E-state index is 12.3. The highest BCUT2D eigenvalue weighted by atomic mass is 32.2. The van der Waals surface area contributed by atoms with Gasteiger partial charge in [-0.3, -0.25) is 0 Å². The van der Waals surface area contributed by atoms with E-state index in [2.05, 4.69) is 4.72 Å². The lowest BCUT2D eigenvalue weighted by Gasteiger charge is -2.33. The third kappa shape index (κ3) is 4.55. The SMILES string of the molecule is CCOC(=O)N1CCC(NS(=O)(=O)N2CCCCC2)CC1. The predicted molar refractivity (Wildman–Crippen MR) is 79.1 cm³/mol. The number of hydrogen-bond acceptors (Lipinski definition) is 4. The van der Waals surface area contributed by atoms with Crippen LogP contribution in [0.3, 0.4) is 0 Å². The van der Waals surface area contributed by atoms with Crippen LogP contribution in [0.15, 0.2) is 0 Å². The minimum Gasteiger partial charge on any atom is -0.450 e. The zero-order valence-corrected chi connectivity index (χ0v) is 13.4. The van der Waals surface area contributed by atoms with Crippen LogP contribution in [0.2, 0.25) is 0 Å². The molecule has 0 aromatic heterocycles. The number of rotatable bonds is 4. The molecule has 1 amide bonds. The van der Waals surface area contributed by atoms with Crippen molar-refractivity contribution in [1.82, 2.24) is 13.9 Å². The molecule has 0 aromatic carbocycles. The largest absolute Gasteiger partial charge is 0.450 e. The van der Waals surface area contributed by atoms with Crippen LogP contribution in [0, 0.1) is 0 Å². The second-order valence-electron chi connectivity index (χ2n) is 5.54. The summed E-state index contributed by atoms with van der Waals surface area (Å²) in [4.78, 5) is 13.2. The van der Waals surface area contributed by atoms with Crippen LogP contribution in [0.4, 0.5) is 4.79 Å². The van der Waals surface area contributed by atoms with Crippen molar-refractivity contribution in [2.75, 3.05) is 32.8 Å². The predicted octanol–water partition coefficient (Wildman–Crippen LogP) is 0.928. The van der Waals surface area contributed by atoms with Crippen LogP contribution >= 0.6 is 0 Å². The summed E-state index contributed by atoms with van der Waals surface area (Å²) in [6.07, 6.45) is 3.92. The van der Waals surface area contributed by atoms with Crippen molar-refractivity contribution in [3.05, 3.63) is 0 Å². The zero-order valence-electron chi connectivity index (χ0n) is 12.6. The average Bonchev–Trinajstić information content (AvgIpc) is 2.49. The lowest BCUT2D eigenvalue weighted by Crippen LogP contribution is -2.51. The van der Waals surface area contributed by atoms with E-state index in [1.807, 2.05) is 0 Å². The Hall–Kier alpha value is -0.860. The summed E-state index contributed by atoms with van der Waals surface area (Å²) in [6, 6.07) is -0.0948. The topological polar surface area (TPSA) is 79.0 Å². The summed E-state index contributed by atoms with van der Waals surface area (Å²) in [6.45, 7) is 4.42. The Bertz CT molecular complexity index is 440. The third-order valence-corrected chi connectivity index (χ3v) is 5.67. The molecule has 2 aliphatic heterocycles. The molecule has 2 heterocycles. The van der Waals surface area contributed by atoms with Crippen LogP contribution in [0.5, 0.6) is 0 Å². The first-order valence-electron chi connectivity index (χ1n) is 7.72. The van der Waals surface area contributed by atoms with Gasteiger partial charge in [0.25, 0.3) is 10.2 Å². The molecule has 21 heavy (non-hydrogen) atoms. The molecule has 0 radical (unpaired) electrons. The first-order chi connectivity index (χ1) is 10.0. The Labute approximate surface area is 126 Å². The molecule has 0 spiro atoms. The molecule has 2 saturated heterocycles. The summed E-state index contributed by atoms with van der Waals surface area (Å²) in [5, 5.41) is 0. The van der Waals surface area contributed by atoms with Gasteiger partial charge in [0.15, 0.2) is 0 Å². The zero-order chi connectivity index (χ0) is 15.3. The van der Waals surface area contributed by atoms with Gasteiger partial charge in [0.2, 0.25) is 0 Å². The molecule has 2 rings (SSSR count). The van der Waals surface area contributed by atoms with E-state index in [0.29, 0.717) is 45.6 Å². The number of nitrogens with zero attached hydrogens (tertiary/aromatic N) is 2. The van der Waals surface area contributed by atoms with Gasteiger partial charge >= 0.3 is 6.09 Å². The minimum atomic E-state index is -3.38. The van der Waals surface area contributed by atoms with Crippen molar-refractivity contribution in [3.63, 3.8) is 0 Å². The Kier molecular flexibility index (Phi) is 5.83. The molecule has 0 unspecified atom stereocenters. The molecule has 122 valence electrons. The fraction of sp³-hybridized carbons (Fsp3) is 0.923. The molecule has 2 aliphatic rings. The first-order valence-corrected chi connectivity index (χ1v) is 9.16. The Balaban J connectivity index is 1.81. The number of hydrogen-bond donors (Lipinski definition) is 1. The minimum absolute atomic E-state index is 0.0948. The van der Waals surface area contributed by atoms with Gasteiger partial charge in [-0.15, -0.1) is 0 Å². The summed E-state index contributed by atoms with van der Waals surface area (Å²) in [5.41, 5.74) is 0. The molecular formula is C13H25N3O4S. The lowest BCUT2D eigenvalue weighted by atomic mass is 10.1. The van der Waals surface area contributed by atoms with Gasteiger partial charge < -0.3 is 9.64 Å². The molecule has 1 N–H and O–H groups in total. The Morgan fingerprint density at radius 1 is 1.14 bits per heavy atom. The normalized spacial score (nSPS) is 22.2. The van der Waals surface area contributed by atoms with E-state index in [1.165, 1.54) is 4.31 Å². The van der Waals surface area contributed by atoms with Crippen molar-refractivity contribution in [2.24, 2.45) is 0 Å². The highest BCUT2D eigenvalue weighted by Gasteiger charge is 2.30. The number of piperidine rings is 2. The highest BCUT2D eigenvalue weighted by Crippen LogP contribution is 2.16. The van der Waals surface area contributed by atoms with E-state index in [9.17, 15) is 13.2 Å². The van der Waals surface area contributed by atoms with E-state index < -0.39 is 10.2 Å². The number of amides is 1. The van der Waals surface area contributed by atoms with E-state index in [-0.39, 0.29) is 12.1 Å². The number of carbonyl (C=O) groups excluding carboxylic acids is 1. The van der Waals surface area contributed by atoms with Gasteiger partial charge in [0, 0.05) is 32.2 Å². The average molecular weight is 319 g/mol. The van der Waals surface area contributed by atoms with E-state index in [0.717, 1.165) is 19.3 Å². The van der Waals surface area contributed by atoms with Crippen LogP contribution in [0.25, 0.3) is 0 Å². The molecule has 0 bridgehead atoms. The van der Waals surface area contributed by atoms with Crippen molar-refractivity contribution in [3.8, 4) is 0 Å². The molecule has 2 fully saturated rings. The molecule has 0 aliphatic carbocycles. The van der Waals surface area contributed by atoms with E-state index >= 15 is 0 Å². The van der Waals surface area contributed by atoms with Crippen molar-refractivity contribution in [1.29, 1.82) is 0 Å². The van der Waals surface area contributed by atoms with Crippen LogP contribution in [0.1, 0.15) is 39.0 Å². The molecule has 0 atom stereocenters.